The summed E-state index contributed by atoms with van der Waals surface area (Å²) in [4.78, 5) is 0. The van der Waals surface area contributed by atoms with Crippen LogP contribution in [-0.2, 0) is 6.42 Å². The molecule has 0 bridgehead atoms. The highest BCUT2D eigenvalue weighted by atomic mass is 79.9. The van der Waals surface area contributed by atoms with Crippen LogP contribution in [0.4, 0.5) is 0 Å². The van der Waals surface area contributed by atoms with E-state index in [1.807, 2.05) is 0 Å². The molecule has 3 aromatic carbocycles. The average molecular weight is 616 g/mol. The van der Waals surface area contributed by atoms with E-state index < -0.39 is 7.26 Å². The summed E-state index contributed by atoms with van der Waals surface area (Å²) in [6.45, 7) is 13.3. The van der Waals surface area contributed by atoms with Crippen LogP contribution < -0.4 is 32.9 Å². The molecule has 3 rings (SSSR count). The number of rotatable bonds is 13. The maximum Gasteiger partial charge on any atom is 0.116 e. The van der Waals surface area contributed by atoms with Gasteiger partial charge in [-0.1, -0.05) is 95.1 Å². The molecular formula is C38H48BrP. The Morgan fingerprint density at radius 2 is 1.00 bits per heavy atom. The van der Waals surface area contributed by atoms with E-state index >= 15 is 0 Å². The summed E-state index contributed by atoms with van der Waals surface area (Å²) >= 11 is 0. The molecule has 0 aliphatic carbocycles. The summed E-state index contributed by atoms with van der Waals surface area (Å²) in [5.41, 5.74) is 7.21. The average Bonchev–Trinajstić information content (AvgIpc) is 2.93. The van der Waals surface area contributed by atoms with Crippen molar-refractivity contribution in [2.75, 3.05) is 6.16 Å². The number of benzene rings is 3. The van der Waals surface area contributed by atoms with E-state index in [2.05, 4.69) is 151 Å². The zero-order valence-electron chi connectivity index (χ0n) is 25.5. The molecule has 0 atom stereocenters. The third-order valence-electron chi connectivity index (χ3n) is 7.36. The fourth-order valence-electron chi connectivity index (χ4n) is 5.12. The zero-order valence-corrected chi connectivity index (χ0v) is 27.9. The van der Waals surface area contributed by atoms with E-state index in [1.54, 1.807) is 0 Å². The van der Waals surface area contributed by atoms with E-state index in [1.165, 1.54) is 43.8 Å². The van der Waals surface area contributed by atoms with Crippen LogP contribution >= 0.6 is 7.26 Å². The van der Waals surface area contributed by atoms with Gasteiger partial charge < -0.3 is 17.0 Å². The highest BCUT2D eigenvalue weighted by Gasteiger charge is 2.45. The normalized spacial score (nSPS) is 11.9. The van der Waals surface area contributed by atoms with Gasteiger partial charge in [-0.25, -0.2) is 0 Å². The Labute approximate surface area is 256 Å². The van der Waals surface area contributed by atoms with Gasteiger partial charge in [0.2, 0.25) is 0 Å². The predicted octanol–water partition coefficient (Wildman–Crippen LogP) is 6.91. The van der Waals surface area contributed by atoms with Gasteiger partial charge in [-0.3, -0.25) is 0 Å². The first-order valence-electron chi connectivity index (χ1n) is 14.5. The van der Waals surface area contributed by atoms with E-state index in [0.717, 1.165) is 38.3 Å². The maximum atomic E-state index is 2.55. The summed E-state index contributed by atoms with van der Waals surface area (Å²) in [7, 11) is -1.92. The third kappa shape index (κ3) is 9.87. The molecule has 0 spiro atoms. The lowest BCUT2D eigenvalue weighted by Gasteiger charge is -2.28. The molecule has 0 radical (unpaired) electrons. The van der Waals surface area contributed by atoms with Crippen molar-refractivity contribution in [1.82, 2.24) is 0 Å². The summed E-state index contributed by atoms with van der Waals surface area (Å²) in [6.07, 6.45) is 16.2. The van der Waals surface area contributed by atoms with Crippen molar-refractivity contribution in [2.45, 2.75) is 73.6 Å². The van der Waals surface area contributed by atoms with Crippen LogP contribution in [0.15, 0.2) is 132 Å². The Kier molecular flexibility index (Phi) is 14.6. The first-order chi connectivity index (χ1) is 18.8. The second-order valence-corrected chi connectivity index (χ2v) is 14.7. The third-order valence-corrected chi connectivity index (χ3v) is 11.7. The topological polar surface area (TPSA) is 0 Å². The minimum absolute atomic E-state index is 0. The second kappa shape index (κ2) is 17.4. The lowest BCUT2D eigenvalue weighted by atomic mass is 10.1. The molecule has 0 nitrogen and oxygen atoms in total. The Hall–Kier alpha value is -2.47. The Bertz CT molecular complexity index is 1250. The first-order valence-corrected chi connectivity index (χ1v) is 16.5. The fraction of sp³-hybridized carbons (Fsp3) is 0.316. The first kappa shape index (κ1) is 33.7. The van der Waals surface area contributed by atoms with Gasteiger partial charge in [0.05, 0.1) is 6.16 Å². The lowest BCUT2D eigenvalue weighted by molar-refractivity contribution is -0.00000829. The highest BCUT2D eigenvalue weighted by Crippen LogP contribution is 2.56. The van der Waals surface area contributed by atoms with Crippen LogP contribution in [0.5, 0.6) is 0 Å². The predicted molar refractivity (Wildman–Crippen MR) is 179 cm³/mol. The van der Waals surface area contributed by atoms with Crippen molar-refractivity contribution in [3.8, 4) is 0 Å². The molecule has 0 aliphatic rings. The van der Waals surface area contributed by atoms with Crippen molar-refractivity contribution in [3.63, 3.8) is 0 Å². The smallest absolute Gasteiger partial charge is 0.116 e. The molecule has 40 heavy (non-hydrogen) atoms. The summed E-state index contributed by atoms with van der Waals surface area (Å²) < 4.78 is 0. The molecule has 0 unspecified atom stereocenters. The molecule has 0 heterocycles. The van der Waals surface area contributed by atoms with Gasteiger partial charge in [0.15, 0.2) is 0 Å². The maximum absolute atomic E-state index is 2.55. The van der Waals surface area contributed by atoms with Gasteiger partial charge in [0.25, 0.3) is 0 Å². The molecule has 0 aliphatic heterocycles. The Balaban J connectivity index is 0.00000560. The van der Waals surface area contributed by atoms with Crippen LogP contribution in [0, 0.1) is 0 Å². The van der Waals surface area contributed by atoms with Gasteiger partial charge in [-0.05, 0) is 116 Å². The standard InChI is InChI=1S/C38H48P.BrH/c1-31(2)17-15-19-33(5)27-28-35-21-13-14-26-38(35)39(36-22-9-7-10-23-36,37-24-11-8-12-25-37)30-29-34(6)20-16-18-32(3)4;/h7-14,17-18,21-27,29H,15-16,19-20,28,30H2,1-6H3;1H/q+1;/p-1/b33-27+,34-29+;. The van der Waals surface area contributed by atoms with Crippen LogP contribution in [-0.4, -0.2) is 6.16 Å². The molecule has 3 aromatic rings. The summed E-state index contributed by atoms with van der Waals surface area (Å²) in [5, 5.41) is 4.44. The minimum atomic E-state index is -1.92. The van der Waals surface area contributed by atoms with E-state index in [9.17, 15) is 0 Å². The zero-order chi connectivity index (χ0) is 28.1. The van der Waals surface area contributed by atoms with Gasteiger partial charge >= 0.3 is 0 Å². The number of allylic oxidation sites excluding steroid dienone is 8. The van der Waals surface area contributed by atoms with Crippen molar-refractivity contribution in [3.05, 3.63) is 137 Å². The minimum Gasteiger partial charge on any atom is -1.00 e. The number of hydrogen-bond donors (Lipinski definition) is 0. The Morgan fingerprint density at radius 3 is 1.50 bits per heavy atom. The van der Waals surface area contributed by atoms with E-state index in [-0.39, 0.29) is 17.0 Å². The molecule has 0 saturated carbocycles. The van der Waals surface area contributed by atoms with Crippen molar-refractivity contribution in [1.29, 1.82) is 0 Å². The second-order valence-electron chi connectivity index (χ2n) is 11.2. The molecule has 0 fully saturated rings. The monoisotopic (exact) mass is 614 g/mol. The van der Waals surface area contributed by atoms with Gasteiger partial charge in [0, 0.05) is 0 Å². The van der Waals surface area contributed by atoms with Crippen LogP contribution in [0.1, 0.15) is 72.8 Å². The molecule has 0 amide bonds. The molecule has 212 valence electrons. The van der Waals surface area contributed by atoms with Gasteiger partial charge in [0.1, 0.15) is 23.2 Å². The molecule has 2 heteroatoms. The lowest BCUT2D eigenvalue weighted by Crippen LogP contribution is -3.00. The molecular weight excluding hydrogens is 567 g/mol. The summed E-state index contributed by atoms with van der Waals surface area (Å²) in [5.74, 6) is 0. The van der Waals surface area contributed by atoms with Crippen LogP contribution in [0.25, 0.3) is 0 Å². The van der Waals surface area contributed by atoms with Crippen molar-refractivity contribution >= 4 is 23.2 Å². The SMILES string of the molecule is CC(C)=CCC/C(C)=C/Cc1ccccc1[P+](C/C=C(\C)CCC=C(C)C)(c1ccccc1)c1ccccc1.[Br-]. The van der Waals surface area contributed by atoms with Gasteiger partial charge in [-0.15, -0.1) is 0 Å². The van der Waals surface area contributed by atoms with Crippen LogP contribution in [0.3, 0.4) is 0 Å². The van der Waals surface area contributed by atoms with E-state index in [0.29, 0.717) is 0 Å². The molecule has 0 saturated heterocycles. The van der Waals surface area contributed by atoms with Crippen molar-refractivity contribution < 1.29 is 17.0 Å². The summed E-state index contributed by atoms with van der Waals surface area (Å²) in [6, 6.07) is 31.9. The Morgan fingerprint density at radius 1 is 0.550 bits per heavy atom. The van der Waals surface area contributed by atoms with Crippen molar-refractivity contribution in [2.24, 2.45) is 0 Å². The highest BCUT2D eigenvalue weighted by molar-refractivity contribution is 7.95. The van der Waals surface area contributed by atoms with Crippen LogP contribution in [0.2, 0.25) is 0 Å². The largest absolute Gasteiger partial charge is 1.00 e. The van der Waals surface area contributed by atoms with E-state index in [4.69, 9.17) is 0 Å². The quantitative estimate of drug-likeness (QED) is 0.145. The number of hydrogen-bond acceptors (Lipinski definition) is 0. The molecule has 0 aromatic heterocycles. The fourth-order valence-corrected chi connectivity index (χ4v) is 9.53. The molecule has 0 N–H and O–H groups in total. The number of halogens is 1. The van der Waals surface area contributed by atoms with Gasteiger partial charge in [-0.2, -0.15) is 0 Å².